The summed E-state index contributed by atoms with van der Waals surface area (Å²) in [4.78, 5) is 27.0. The molecule has 1 aromatic rings. The first-order valence-electron chi connectivity index (χ1n) is 9.49. The van der Waals surface area contributed by atoms with Crippen molar-refractivity contribution in [3.63, 3.8) is 0 Å². The number of hydrazone groups is 1. The molecule has 0 aromatic heterocycles. The molecule has 0 radical (unpaired) electrons. The van der Waals surface area contributed by atoms with Crippen LogP contribution in [0.3, 0.4) is 0 Å². The Morgan fingerprint density at radius 2 is 1.96 bits per heavy atom. The first-order chi connectivity index (χ1) is 13.4. The number of nitrogens with zero attached hydrogens (tertiary/aromatic N) is 3. The second-order valence-corrected chi connectivity index (χ2v) is 9.59. The van der Waals surface area contributed by atoms with Gasteiger partial charge < -0.3 is 9.64 Å². The van der Waals surface area contributed by atoms with E-state index < -0.39 is 15.9 Å². The van der Waals surface area contributed by atoms with Gasteiger partial charge in [-0.05, 0) is 12.0 Å². The van der Waals surface area contributed by atoms with Gasteiger partial charge in [0.1, 0.15) is 11.8 Å². The van der Waals surface area contributed by atoms with Crippen molar-refractivity contribution in [3.8, 4) is 0 Å². The van der Waals surface area contributed by atoms with Gasteiger partial charge in [0.05, 0.1) is 30.7 Å². The normalized spacial score (nSPS) is 27.6. The first kappa shape index (κ1) is 19.1. The van der Waals surface area contributed by atoms with Crippen molar-refractivity contribution in [2.75, 3.05) is 31.2 Å². The standard InChI is InChI=1S/C19H23N3O5S/c23-18-7-6-16(20-22(18)15-8-11-28(25,26)13-15)19(24)21-9-10-27-17(12-21)14-4-2-1-3-5-14/h1-5,15,17H,6-13H2/t15-,17-/m1/s1. The molecule has 3 heterocycles. The quantitative estimate of drug-likeness (QED) is 0.739. The van der Waals surface area contributed by atoms with Crippen molar-refractivity contribution >= 4 is 27.4 Å². The van der Waals surface area contributed by atoms with Crippen LogP contribution in [0.25, 0.3) is 0 Å². The molecule has 0 bridgehead atoms. The molecule has 1 aromatic carbocycles. The van der Waals surface area contributed by atoms with Gasteiger partial charge in [-0.1, -0.05) is 30.3 Å². The zero-order chi connectivity index (χ0) is 19.7. The first-order valence-corrected chi connectivity index (χ1v) is 11.3. The highest BCUT2D eigenvalue weighted by molar-refractivity contribution is 7.91. The van der Waals surface area contributed by atoms with Gasteiger partial charge in [0.2, 0.25) is 5.91 Å². The van der Waals surface area contributed by atoms with Crippen LogP contribution >= 0.6 is 0 Å². The molecule has 3 aliphatic rings. The van der Waals surface area contributed by atoms with E-state index in [1.54, 1.807) is 4.90 Å². The van der Waals surface area contributed by atoms with Gasteiger partial charge in [-0.15, -0.1) is 0 Å². The van der Waals surface area contributed by atoms with Crippen LogP contribution < -0.4 is 0 Å². The molecular formula is C19H23N3O5S. The number of hydrogen-bond donors (Lipinski definition) is 0. The Morgan fingerprint density at radius 1 is 1.18 bits per heavy atom. The van der Waals surface area contributed by atoms with E-state index in [-0.39, 0.29) is 42.3 Å². The third-order valence-electron chi connectivity index (χ3n) is 5.39. The summed E-state index contributed by atoms with van der Waals surface area (Å²) < 4.78 is 29.3. The molecule has 150 valence electrons. The lowest BCUT2D eigenvalue weighted by Crippen LogP contribution is -2.48. The van der Waals surface area contributed by atoms with Crippen LogP contribution in [0.2, 0.25) is 0 Å². The summed E-state index contributed by atoms with van der Waals surface area (Å²) in [6.45, 7) is 1.32. The average Bonchev–Trinajstić information content (AvgIpc) is 3.08. The third kappa shape index (κ3) is 3.95. The number of sulfone groups is 1. The molecule has 0 unspecified atom stereocenters. The minimum Gasteiger partial charge on any atom is -0.370 e. The average molecular weight is 405 g/mol. The summed E-state index contributed by atoms with van der Waals surface area (Å²) in [5.41, 5.74) is 1.33. The molecule has 2 saturated heterocycles. The number of amides is 2. The Balaban J connectivity index is 1.49. The fourth-order valence-corrected chi connectivity index (χ4v) is 5.56. The number of carbonyl (C=O) groups is 2. The van der Waals surface area contributed by atoms with Gasteiger partial charge in [-0.2, -0.15) is 5.10 Å². The maximum absolute atomic E-state index is 13.0. The topological polar surface area (TPSA) is 96.3 Å². The summed E-state index contributed by atoms with van der Waals surface area (Å²) in [5.74, 6) is -0.454. The summed E-state index contributed by atoms with van der Waals surface area (Å²) in [6.07, 6.45) is 0.627. The number of morpholine rings is 1. The van der Waals surface area contributed by atoms with Gasteiger partial charge in [0.25, 0.3) is 5.91 Å². The van der Waals surface area contributed by atoms with Crippen LogP contribution in [-0.4, -0.2) is 73.1 Å². The Labute approximate surface area is 164 Å². The molecule has 2 fully saturated rings. The maximum atomic E-state index is 13.0. The molecule has 3 aliphatic heterocycles. The number of carbonyl (C=O) groups excluding carboxylic acids is 2. The van der Waals surface area contributed by atoms with Crippen molar-refractivity contribution in [1.82, 2.24) is 9.91 Å². The monoisotopic (exact) mass is 405 g/mol. The fourth-order valence-electron chi connectivity index (χ4n) is 3.86. The molecule has 2 amide bonds. The van der Waals surface area contributed by atoms with Crippen molar-refractivity contribution in [3.05, 3.63) is 35.9 Å². The minimum absolute atomic E-state index is 0.0580. The highest BCUT2D eigenvalue weighted by Crippen LogP contribution is 2.25. The van der Waals surface area contributed by atoms with E-state index in [4.69, 9.17) is 4.74 Å². The van der Waals surface area contributed by atoms with Gasteiger partial charge in [0, 0.05) is 19.4 Å². The van der Waals surface area contributed by atoms with Crippen LogP contribution in [0, 0.1) is 0 Å². The molecule has 0 spiro atoms. The smallest absolute Gasteiger partial charge is 0.270 e. The summed E-state index contributed by atoms with van der Waals surface area (Å²) in [6, 6.07) is 9.27. The third-order valence-corrected chi connectivity index (χ3v) is 7.14. The lowest BCUT2D eigenvalue weighted by Gasteiger charge is -2.35. The number of ether oxygens (including phenoxy) is 1. The summed E-state index contributed by atoms with van der Waals surface area (Å²) in [7, 11) is -3.14. The molecular weight excluding hydrogens is 382 g/mol. The van der Waals surface area contributed by atoms with E-state index in [0.717, 1.165) is 5.56 Å². The summed E-state index contributed by atoms with van der Waals surface area (Å²) in [5, 5.41) is 5.52. The van der Waals surface area contributed by atoms with Crippen molar-refractivity contribution in [2.24, 2.45) is 5.10 Å². The van der Waals surface area contributed by atoms with E-state index in [0.29, 0.717) is 31.8 Å². The van der Waals surface area contributed by atoms with Gasteiger partial charge in [0.15, 0.2) is 9.84 Å². The molecule has 8 nitrogen and oxygen atoms in total. The Morgan fingerprint density at radius 3 is 2.68 bits per heavy atom. The zero-order valence-electron chi connectivity index (χ0n) is 15.5. The minimum atomic E-state index is -3.14. The second-order valence-electron chi connectivity index (χ2n) is 7.36. The highest BCUT2D eigenvalue weighted by Gasteiger charge is 2.38. The number of hydrogen-bond acceptors (Lipinski definition) is 6. The largest absolute Gasteiger partial charge is 0.370 e. The maximum Gasteiger partial charge on any atom is 0.270 e. The van der Waals surface area contributed by atoms with Crippen LogP contribution in [-0.2, 0) is 24.2 Å². The molecule has 28 heavy (non-hydrogen) atoms. The Hall–Kier alpha value is -2.26. The van der Waals surface area contributed by atoms with Crippen LogP contribution in [0.15, 0.2) is 35.4 Å². The molecule has 4 rings (SSSR count). The molecule has 0 N–H and O–H groups in total. The van der Waals surface area contributed by atoms with Crippen molar-refractivity contribution in [1.29, 1.82) is 0 Å². The van der Waals surface area contributed by atoms with E-state index >= 15 is 0 Å². The highest BCUT2D eigenvalue weighted by atomic mass is 32.2. The number of rotatable bonds is 3. The summed E-state index contributed by atoms with van der Waals surface area (Å²) >= 11 is 0. The predicted octanol–water partition coefficient (Wildman–Crippen LogP) is 0.752. The molecule has 2 atom stereocenters. The lowest BCUT2D eigenvalue weighted by molar-refractivity contribution is -0.135. The Bertz CT molecular complexity index is 899. The fraction of sp³-hybridized carbons (Fsp3) is 0.526. The van der Waals surface area contributed by atoms with E-state index in [9.17, 15) is 18.0 Å². The van der Waals surface area contributed by atoms with Gasteiger partial charge in [-0.25, -0.2) is 13.4 Å². The lowest BCUT2D eigenvalue weighted by atomic mass is 10.1. The van der Waals surface area contributed by atoms with E-state index in [2.05, 4.69) is 5.10 Å². The van der Waals surface area contributed by atoms with Gasteiger partial charge >= 0.3 is 0 Å². The van der Waals surface area contributed by atoms with Crippen LogP contribution in [0.4, 0.5) is 0 Å². The van der Waals surface area contributed by atoms with Crippen molar-refractivity contribution in [2.45, 2.75) is 31.4 Å². The second kappa shape index (κ2) is 7.63. The van der Waals surface area contributed by atoms with Crippen LogP contribution in [0.1, 0.15) is 30.9 Å². The van der Waals surface area contributed by atoms with E-state index in [1.807, 2.05) is 30.3 Å². The van der Waals surface area contributed by atoms with Crippen molar-refractivity contribution < 1.29 is 22.7 Å². The SMILES string of the molecule is O=C(C1=NN([C@@H]2CCS(=O)(=O)C2)C(=O)CC1)N1CCO[C@@H](c2ccccc2)C1. The molecule has 0 aliphatic carbocycles. The predicted molar refractivity (Wildman–Crippen MR) is 102 cm³/mol. The van der Waals surface area contributed by atoms with E-state index in [1.165, 1.54) is 5.01 Å². The zero-order valence-corrected chi connectivity index (χ0v) is 16.3. The van der Waals surface area contributed by atoms with Gasteiger partial charge in [-0.3, -0.25) is 9.59 Å². The van der Waals surface area contributed by atoms with Crippen LogP contribution in [0.5, 0.6) is 0 Å². The number of benzene rings is 1. The Kier molecular flexibility index (Phi) is 5.20. The molecule has 9 heteroatoms. The molecule has 0 saturated carbocycles.